The van der Waals surface area contributed by atoms with Gasteiger partial charge in [0.25, 0.3) is 0 Å². The number of hydrogen-bond donors (Lipinski definition) is 1. The lowest BCUT2D eigenvalue weighted by atomic mass is 9.97. The van der Waals surface area contributed by atoms with Crippen molar-refractivity contribution in [2.45, 2.75) is 52.4 Å². The highest BCUT2D eigenvalue weighted by Gasteiger charge is 2.27. The number of rotatable bonds is 8. The summed E-state index contributed by atoms with van der Waals surface area (Å²) in [6.07, 6.45) is 6.82. The first-order valence-corrected chi connectivity index (χ1v) is 10.2. The zero-order chi connectivity index (χ0) is 17.9. The summed E-state index contributed by atoms with van der Waals surface area (Å²) in [6.45, 7) is 11.7. The maximum Gasteiger partial charge on any atom is 0.309 e. The van der Waals surface area contributed by atoms with Crippen LogP contribution in [0.25, 0.3) is 0 Å². The van der Waals surface area contributed by atoms with Crippen LogP contribution in [-0.2, 0) is 9.53 Å². The average molecular weight is 353 g/mol. The Kier molecular flexibility index (Phi) is 9.08. The largest absolute Gasteiger partial charge is 0.466 e. The predicted octanol–water partition coefficient (Wildman–Crippen LogP) is 2.10. The van der Waals surface area contributed by atoms with Crippen LogP contribution in [-0.4, -0.2) is 74.1 Å². The predicted molar refractivity (Wildman–Crippen MR) is 102 cm³/mol. The van der Waals surface area contributed by atoms with E-state index in [1.165, 1.54) is 38.9 Å². The number of nitrogens with one attached hydrogen (secondary N) is 1. The third-order valence-electron chi connectivity index (χ3n) is 5.09. The number of hydrogen-bond acceptors (Lipinski definition) is 4. The highest BCUT2D eigenvalue weighted by atomic mass is 16.5. The number of likely N-dealkylation sites (tertiary alicyclic amines) is 2. The molecular weight excluding hydrogens is 316 g/mol. The Bertz CT molecular complexity index is 414. The van der Waals surface area contributed by atoms with Gasteiger partial charge in [-0.25, -0.2) is 0 Å². The Morgan fingerprint density at radius 2 is 1.84 bits per heavy atom. The fraction of sp³-hybridized carbons (Fsp3) is 0.895. The number of carbonyl (C=O) groups excluding carboxylic acids is 1. The summed E-state index contributed by atoms with van der Waals surface area (Å²) >= 11 is 0. The molecule has 6 heteroatoms. The third kappa shape index (κ3) is 6.84. The van der Waals surface area contributed by atoms with Crippen LogP contribution in [0.15, 0.2) is 4.99 Å². The van der Waals surface area contributed by atoms with Gasteiger partial charge >= 0.3 is 5.97 Å². The molecule has 6 nitrogen and oxygen atoms in total. The van der Waals surface area contributed by atoms with Crippen LogP contribution >= 0.6 is 0 Å². The molecule has 0 saturated carbocycles. The molecule has 2 rings (SSSR count). The number of ether oxygens (including phenoxy) is 1. The van der Waals surface area contributed by atoms with Gasteiger partial charge in [-0.2, -0.15) is 0 Å². The van der Waals surface area contributed by atoms with Crippen LogP contribution < -0.4 is 5.32 Å². The van der Waals surface area contributed by atoms with E-state index in [0.717, 1.165) is 51.4 Å². The van der Waals surface area contributed by atoms with Gasteiger partial charge in [0, 0.05) is 26.2 Å². The molecule has 0 amide bonds. The number of guanidine groups is 1. The second kappa shape index (κ2) is 11.3. The summed E-state index contributed by atoms with van der Waals surface area (Å²) in [5.74, 6) is 1.02. The molecule has 2 aliphatic heterocycles. The number of piperidine rings is 1. The summed E-state index contributed by atoms with van der Waals surface area (Å²) in [5, 5.41) is 3.40. The van der Waals surface area contributed by atoms with Crippen molar-refractivity contribution >= 4 is 11.9 Å². The highest BCUT2D eigenvalue weighted by Crippen LogP contribution is 2.18. The van der Waals surface area contributed by atoms with Crippen LogP contribution in [0.2, 0.25) is 0 Å². The van der Waals surface area contributed by atoms with Crippen molar-refractivity contribution < 1.29 is 9.53 Å². The molecule has 0 unspecified atom stereocenters. The van der Waals surface area contributed by atoms with E-state index in [4.69, 9.17) is 9.73 Å². The van der Waals surface area contributed by atoms with Gasteiger partial charge in [0.15, 0.2) is 5.96 Å². The topological polar surface area (TPSA) is 57.2 Å². The van der Waals surface area contributed by atoms with Crippen LogP contribution in [0.5, 0.6) is 0 Å². The molecule has 0 aliphatic carbocycles. The van der Waals surface area contributed by atoms with Gasteiger partial charge in [0.05, 0.1) is 12.5 Å². The van der Waals surface area contributed by atoms with E-state index >= 15 is 0 Å². The molecule has 2 heterocycles. The van der Waals surface area contributed by atoms with E-state index < -0.39 is 0 Å². The summed E-state index contributed by atoms with van der Waals surface area (Å²) < 4.78 is 5.15. The Labute approximate surface area is 153 Å². The quantitative estimate of drug-likeness (QED) is 0.314. The zero-order valence-electron chi connectivity index (χ0n) is 16.1. The van der Waals surface area contributed by atoms with Gasteiger partial charge in [0.1, 0.15) is 0 Å². The van der Waals surface area contributed by atoms with E-state index in [0.29, 0.717) is 6.61 Å². The molecule has 2 aliphatic rings. The minimum Gasteiger partial charge on any atom is -0.466 e. The molecular formula is C19H36N4O2. The van der Waals surface area contributed by atoms with Gasteiger partial charge in [-0.1, -0.05) is 0 Å². The fourth-order valence-corrected chi connectivity index (χ4v) is 3.65. The minimum atomic E-state index is -0.0361. The Balaban J connectivity index is 1.70. The molecule has 0 spiro atoms. The molecule has 0 aromatic rings. The first kappa shape index (κ1) is 20.0. The van der Waals surface area contributed by atoms with E-state index in [2.05, 4.69) is 22.0 Å². The van der Waals surface area contributed by atoms with E-state index in [1.807, 2.05) is 6.92 Å². The van der Waals surface area contributed by atoms with Crippen molar-refractivity contribution in [2.24, 2.45) is 10.9 Å². The molecule has 2 saturated heterocycles. The second-order valence-electron chi connectivity index (χ2n) is 7.00. The Morgan fingerprint density at radius 1 is 1.12 bits per heavy atom. The van der Waals surface area contributed by atoms with Gasteiger partial charge in [-0.05, 0) is 72.0 Å². The molecule has 1 N–H and O–H groups in total. The first-order chi connectivity index (χ1) is 12.2. The fourth-order valence-electron chi connectivity index (χ4n) is 3.65. The highest BCUT2D eigenvalue weighted by molar-refractivity contribution is 5.80. The van der Waals surface area contributed by atoms with Crippen molar-refractivity contribution in [3.8, 4) is 0 Å². The lowest BCUT2D eigenvalue weighted by Crippen LogP contribution is -2.46. The van der Waals surface area contributed by atoms with Crippen LogP contribution in [0.4, 0.5) is 0 Å². The van der Waals surface area contributed by atoms with Crippen molar-refractivity contribution in [1.82, 2.24) is 15.1 Å². The monoisotopic (exact) mass is 352 g/mol. The third-order valence-corrected chi connectivity index (χ3v) is 5.09. The molecule has 0 bridgehead atoms. The SMILES string of the molecule is CCNC(=NCCCCN1CCCC1)N1CCC(C(=O)OCC)CC1. The van der Waals surface area contributed by atoms with E-state index in [1.54, 1.807) is 0 Å². The van der Waals surface area contributed by atoms with Gasteiger partial charge < -0.3 is 19.9 Å². The molecule has 25 heavy (non-hydrogen) atoms. The summed E-state index contributed by atoms with van der Waals surface area (Å²) in [7, 11) is 0. The smallest absolute Gasteiger partial charge is 0.309 e. The maximum atomic E-state index is 11.9. The van der Waals surface area contributed by atoms with Crippen LogP contribution in [0.1, 0.15) is 52.4 Å². The Morgan fingerprint density at radius 3 is 2.48 bits per heavy atom. The normalized spacial score (nSPS) is 20.1. The summed E-state index contributed by atoms with van der Waals surface area (Å²) in [5.41, 5.74) is 0. The minimum absolute atomic E-state index is 0.0361. The number of aliphatic imine (C=N–C) groups is 1. The van der Waals surface area contributed by atoms with Gasteiger partial charge in [-0.3, -0.25) is 9.79 Å². The molecule has 2 fully saturated rings. The molecule has 0 radical (unpaired) electrons. The standard InChI is InChI=1S/C19H36N4O2/c1-3-20-19(21-11-5-6-12-22-13-7-8-14-22)23-15-9-17(10-16-23)18(24)25-4-2/h17H,3-16H2,1-2H3,(H,20,21). The number of carbonyl (C=O) groups is 1. The lowest BCUT2D eigenvalue weighted by molar-refractivity contribution is -0.149. The Hall–Kier alpha value is -1.30. The second-order valence-corrected chi connectivity index (χ2v) is 7.00. The molecule has 0 aromatic carbocycles. The maximum absolute atomic E-state index is 11.9. The van der Waals surface area contributed by atoms with Crippen LogP contribution in [0.3, 0.4) is 0 Å². The van der Waals surface area contributed by atoms with Crippen molar-refractivity contribution in [3.63, 3.8) is 0 Å². The number of unbranched alkanes of at least 4 members (excludes halogenated alkanes) is 1. The number of nitrogens with zero attached hydrogens (tertiary/aromatic N) is 3. The molecule has 0 atom stereocenters. The summed E-state index contributed by atoms with van der Waals surface area (Å²) in [4.78, 5) is 21.5. The van der Waals surface area contributed by atoms with Crippen LogP contribution in [0, 0.1) is 5.92 Å². The molecule has 0 aromatic heterocycles. The number of esters is 1. The van der Waals surface area contributed by atoms with E-state index in [9.17, 15) is 4.79 Å². The lowest BCUT2D eigenvalue weighted by Gasteiger charge is -2.33. The summed E-state index contributed by atoms with van der Waals surface area (Å²) in [6, 6.07) is 0. The van der Waals surface area contributed by atoms with E-state index in [-0.39, 0.29) is 11.9 Å². The zero-order valence-corrected chi connectivity index (χ0v) is 16.1. The van der Waals surface area contributed by atoms with Gasteiger partial charge in [-0.15, -0.1) is 0 Å². The van der Waals surface area contributed by atoms with Crippen molar-refractivity contribution in [2.75, 3.05) is 52.4 Å². The van der Waals surface area contributed by atoms with Crippen molar-refractivity contribution in [3.05, 3.63) is 0 Å². The average Bonchev–Trinajstić information content (AvgIpc) is 3.14. The van der Waals surface area contributed by atoms with Gasteiger partial charge in [0.2, 0.25) is 0 Å². The molecule has 144 valence electrons. The first-order valence-electron chi connectivity index (χ1n) is 10.2. The van der Waals surface area contributed by atoms with Crippen molar-refractivity contribution in [1.29, 1.82) is 0 Å².